The molecule has 0 spiro atoms. The Hall–Kier alpha value is -2.04. The van der Waals surface area contributed by atoms with E-state index in [1.165, 1.54) is 17.7 Å². The third-order valence-electron chi connectivity index (χ3n) is 4.64. The van der Waals surface area contributed by atoms with Gasteiger partial charge in [-0.1, -0.05) is 35.9 Å². The molecule has 0 saturated heterocycles. The number of rotatable bonds is 5. The molecule has 0 radical (unpaired) electrons. The van der Waals surface area contributed by atoms with Crippen LogP contribution < -0.4 is 5.56 Å². The van der Waals surface area contributed by atoms with Crippen molar-refractivity contribution < 1.29 is 0 Å². The zero-order chi connectivity index (χ0) is 18.1. The average Bonchev–Trinajstić information content (AvgIpc) is 3.48. The van der Waals surface area contributed by atoms with Gasteiger partial charge >= 0.3 is 0 Å². The standard InChI is InChI=1S/C21H19ClN2OS/c1-26-18-10-6-16(7-11-18)21-19(15-4-8-17(22)9-5-15)12-20(25)24(23-21)13-14-2-3-14/h4-12,14H,2-3,13H2,1H3. The number of hydrogen-bond donors (Lipinski definition) is 0. The van der Waals surface area contributed by atoms with Crippen molar-refractivity contribution in [3.8, 4) is 22.4 Å². The highest BCUT2D eigenvalue weighted by Crippen LogP contribution is 2.33. The molecule has 0 atom stereocenters. The summed E-state index contributed by atoms with van der Waals surface area (Å²) in [5, 5.41) is 5.42. The van der Waals surface area contributed by atoms with Crippen LogP contribution in [0.1, 0.15) is 12.8 Å². The summed E-state index contributed by atoms with van der Waals surface area (Å²) in [6.07, 6.45) is 4.43. The second-order valence-electron chi connectivity index (χ2n) is 6.61. The van der Waals surface area contributed by atoms with Crippen LogP contribution in [0.4, 0.5) is 0 Å². The lowest BCUT2D eigenvalue weighted by molar-refractivity contribution is 0.536. The number of nitrogens with zero attached hydrogens (tertiary/aromatic N) is 2. The van der Waals surface area contributed by atoms with E-state index >= 15 is 0 Å². The number of thioether (sulfide) groups is 1. The van der Waals surface area contributed by atoms with E-state index in [4.69, 9.17) is 16.7 Å². The zero-order valence-electron chi connectivity index (χ0n) is 14.5. The van der Waals surface area contributed by atoms with Crippen LogP contribution in [0.5, 0.6) is 0 Å². The molecular weight excluding hydrogens is 364 g/mol. The molecule has 5 heteroatoms. The van der Waals surface area contributed by atoms with Gasteiger partial charge in [0, 0.05) is 33.7 Å². The maximum atomic E-state index is 12.6. The summed E-state index contributed by atoms with van der Waals surface area (Å²) in [5.74, 6) is 0.591. The van der Waals surface area contributed by atoms with Gasteiger partial charge in [-0.25, -0.2) is 4.68 Å². The van der Waals surface area contributed by atoms with Crippen LogP contribution in [-0.2, 0) is 6.54 Å². The van der Waals surface area contributed by atoms with Crippen LogP contribution >= 0.6 is 23.4 Å². The van der Waals surface area contributed by atoms with Crippen molar-refractivity contribution in [2.75, 3.05) is 6.26 Å². The zero-order valence-corrected chi connectivity index (χ0v) is 16.1. The van der Waals surface area contributed by atoms with Crippen molar-refractivity contribution in [1.29, 1.82) is 0 Å². The van der Waals surface area contributed by atoms with Gasteiger partial charge in [0.2, 0.25) is 0 Å². The quantitative estimate of drug-likeness (QED) is 0.557. The van der Waals surface area contributed by atoms with E-state index in [1.54, 1.807) is 22.5 Å². The fraction of sp³-hybridized carbons (Fsp3) is 0.238. The topological polar surface area (TPSA) is 34.9 Å². The van der Waals surface area contributed by atoms with Crippen molar-refractivity contribution >= 4 is 23.4 Å². The monoisotopic (exact) mass is 382 g/mol. The first-order valence-electron chi connectivity index (χ1n) is 8.66. The van der Waals surface area contributed by atoms with Gasteiger partial charge in [-0.05, 0) is 54.8 Å². The van der Waals surface area contributed by atoms with Crippen LogP contribution in [0.25, 0.3) is 22.4 Å². The molecule has 0 bridgehead atoms. The summed E-state index contributed by atoms with van der Waals surface area (Å²) in [5.41, 5.74) is 3.58. The van der Waals surface area contributed by atoms with Gasteiger partial charge < -0.3 is 0 Å². The predicted molar refractivity (Wildman–Crippen MR) is 109 cm³/mol. The van der Waals surface area contributed by atoms with Gasteiger partial charge in [0.05, 0.1) is 5.69 Å². The summed E-state index contributed by atoms with van der Waals surface area (Å²) in [4.78, 5) is 13.8. The molecule has 4 rings (SSSR count). The SMILES string of the molecule is CSc1ccc(-c2nn(CC3CC3)c(=O)cc2-c2ccc(Cl)cc2)cc1. The van der Waals surface area contributed by atoms with E-state index < -0.39 is 0 Å². The first-order valence-corrected chi connectivity index (χ1v) is 10.3. The van der Waals surface area contributed by atoms with Crippen LogP contribution in [0, 0.1) is 5.92 Å². The normalized spacial score (nSPS) is 13.8. The van der Waals surface area contributed by atoms with Gasteiger partial charge in [-0.15, -0.1) is 11.8 Å². The molecule has 2 aromatic carbocycles. The first-order chi connectivity index (χ1) is 12.6. The molecule has 3 nitrogen and oxygen atoms in total. The van der Waals surface area contributed by atoms with E-state index in [0.717, 1.165) is 22.4 Å². The Bertz CT molecular complexity index is 976. The number of benzene rings is 2. The van der Waals surface area contributed by atoms with Gasteiger partial charge in [0.1, 0.15) is 0 Å². The second-order valence-corrected chi connectivity index (χ2v) is 7.92. The van der Waals surface area contributed by atoms with E-state index in [9.17, 15) is 4.79 Å². The maximum absolute atomic E-state index is 12.6. The van der Waals surface area contributed by atoms with E-state index in [0.29, 0.717) is 17.5 Å². The summed E-state index contributed by atoms with van der Waals surface area (Å²) in [6.45, 7) is 0.704. The fourth-order valence-corrected chi connectivity index (χ4v) is 3.51. The molecule has 0 amide bonds. The minimum atomic E-state index is -0.0497. The van der Waals surface area contributed by atoms with Crippen LogP contribution in [-0.4, -0.2) is 16.0 Å². The highest BCUT2D eigenvalue weighted by Gasteiger charge is 2.23. The molecule has 1 aliphatic rings. The van der Waals surface area contributed by atoms with Crippen molar-refractivity contribution in [3.05, 3.63) is 70.0 Å². The molecule has 1 fully saturated rings. The number of hydrogen-bond acceptors (Lipinski definition) is 3. The third-order valence-corrected chi connectivity index (χ3v) is 5.64. The largest absolute Gasteiger partial charge is 0.268 e. The summed E-state index contributed by atoms with van der Waals surface area (Å²) < 4.78 is 1.62. The highest BCUT2D eigenvalue weighted by molar-refractivity contribution is 7.98. The molecule has 132 valence electrons. The van der Waals surface area contributed by atoms with Crippen LogP contribution in [0.3, 0.4) is 0 Å². The summed E-state index contributed by atoms with van der Waals surface area (Å²) >= 11 is 7.73. The summed E-state index contributed by atoms with van der Waals surface area (Å²) in [6, 6.07) is 17.6. The molecule has 1 aliphatic carbocycles. The minimum absolute atomic E-state index is 0.0497. The molecular formula is C21H19ClN2OS. The van der Waals surface area contributed by atoms with Crippen molar-refractivity contribution in [2.45, 2.75) is 24.3 Å². The lowest BCUT2D eigenvalue weighted by atomic mass is 10.00. The second kappa shape index (κ2) is 7.29. The smallest absolute Gasteiger partial charge is 0.267 e. The minimum Gasteiger partial charge on any atom is -0.268 e. The lowest BCUT2D eigenvalue weighted by Gasteiger charge is -2.13. The highest BCUT2D eigenvalue weighted by atomic mass is 35.5. The van der Waals surface area contributed by atoms with Crippen molar-refractivity contribution in [3.63, 3.8) is 0 Å². The Morgan fingerprint density at radius 2 is 1.73 bits per heavy atom. The molecule has 26 heavy (non-hydrogen) atoms. The van der Waals surface area contributed by atoms with Gasteiger partial charge in [0.15, 0.2) is 0 Å². The van der Waals surface area contributed by atoms with Crippen molar-refractivity contribution in [2.24, 2.45) is 5.92 Å². The average molecular weight is 383 g/mol. The Kier molecular flexibility index (Phi) is 4.88. The van der Waals surface area contributed by atoms with Crippen LogP contribution in [0.2, 0.25) is 5.02 Å². The fourth-order valence-electron chi connectivity index (χ4n) is 2.98. The van der Waals surface area contributed by atoms with Crippen LogP contribution in [0.15, 0.2) is 64.3 Å². The number of aromatic nitrogens is 2. The lowest BCUT2D eigenvalue weighted by Crippen LogP contribution is -2.24. The molecule has 0 unspecified atom stereocenters. The van der Waals surface area contributed by atoms with E-state index in [2.05, 4.69) is 30.5 Å². The molecule has 0 aliphatic heterocycles. The molecule has 1 saturated carbocycles. The number of halogens is 1. The van der Waals surface area contributed by atoms with Crippen molar-refractivity contribution in [1.82, 2.24) is 9.78 Å². The summed E-state index contributed by atoms with van der Waals surface area (Å²) in [7, 11) is 0. The maximum Gasteiger partial charge on any atom is 0.267 e. The Labute approximate surface area is 162 Å². The Balaban J connectivity index is 1.86. The first kappa shape index (κ1) is 17.4. The van der Waals surface area contributed by atoms with E-state index in [1.807, 2.05) is 24.3 Å². The van der Waals surface area contributed by atoms with Gasteiger partial charge in [-0.3, -0.25) is 4.79 Å². The van der Waals surface area contributed by atoms with Gasteiger partial charge in [0.25, 0.3) is 5.56 Å². The molecule has 1 heterocycles. The Morgan fingerprint density at radius 1 is 1.08 bits per heavy atom. The molecule has 1 aromatic heterocycles. The third kappa shape index (κ3) is 3.71. The van der Waals surface area contributed by atoms with Gasteiger partial charge in [-0.2, -0.15) is 5.10 Å². The van der Waals surface area contributed by atoms with E-state index in [-0.39, 0.29) is 5.56 Å². The predicted octanol–water partition coefficient (Wildman–Crippen LogP) is 5.36. The Morgan fingerprint density at radius 3 is 2.35 bits per heavy atom. The molecule has 3 aromatic rings. The molecule has 0 N–H and O–H groups in total.